The molecular weight excluding hydrogens is 610 g/mol. The Hall–Kier alpha value is -1.67. The van der Waals surface area contributed by atoms with Gasteiger partial charge in [-0.05, 0) is 56.2 Å². The summed E-state index contributed by atoms with van der Waals surface area (Å²) in [5.41, 5.74) is 8.72. The van der Waals surface area contributed by atoms with Crippen molar-refractivity contribution >= 4 is 29.7 Å². The van der Waals surface area contributed by atoms with Gasteiger partial charge in [0.1, 0.15) is 0 Å². The van der Waals surface area contributed by atoms with E-state index in [9.17, 15) is 0 Å². The molecule has 39 heavy (non-hydrogen) atoms. The van der Waals surface area contributed by atoms with Crippen molar-refractivity contribution in [2.75, 3.05) is 4.90 Å². The SMILES string of the molecule is CC(C)Oc1ccccc1[CH]=[Ru]([Cl])[Cl].Cc1cccc(C(C)C)c1N1[CH-][C@]2(CCc3ccccc32)CC1(C)C. The summed E-state index contributed by atoms with van der Waals surface area (Å²) in [7, 11) is 11.6. The molecule has 1 atom stereocenters. The number of para-hydroxylation sites is 2. The van der Waals surface area contributed by atoms with E-state index in [1.54, 1.807) is 11.1 Å². The molecule has 1 aliphatic carbocycles. The third-order valence-corrected chi connectivity index (χ3v) is 9.60. The third kappa shape index (κ3) is 6.80. The molecule has 0 radical (unpaired) electrons. The monoisotopic (exact) mass is 652 g/mol. The summed E-state index contributed by atoms with van der Waals surface area (Å²) in [5, 5.41) is 0. The number of hydrogen-bond donors (Lipinski definition) is 0. The normalized spacial score (nSPS) is 19.7. The number of hydrogen-bond acceptors (Lipinski definition) is 2. The van der Waals surface area contributed by atoms with E-state index in [0.29, 0.717) is 5.92 Å². The maximum Gasteiger partial charge on any atom is 0.0140 e. The fourth-order valence-electron chi connectivity index (χ4n) is 6.21. The Labute approximate surface area is 249 Å². The van der Waals surface area contributed by atoms with Crippen molar-refractivity contribution in [2.45, 2.75) is 90.7 Å². The van der Waals surface area contributed by atoms with E-state index in [0.717, 1.165) is 11.3 Å². The zero-order valence-corrected chi connectivity index (χ0v) is 27.5. The number of aryl methyl sites for hydroxylation is 2. The number of benzene rings is 3. The summed E-state index contributed by atoms with van der Waals surface area (Å²) >= 11 is -1.77. The second kappa shape index (κ2) is 12.5. The average Bonchev–Trinajstić information content (AvgIpc) is 3.35. The average molecular weight is 653 g/mol. The molecule has 2 aliphatic rings. The van der Waals surface area contributed by atoms with Crippen LogP contribution in [0.15, 0.2) is 66.7 Å². The second-order valence-electron chi connectivity index (χ2n) is 12.0. The Kier molecular flexibility index (Phi) is 9.68. The molecule has 3 aromatic carbocycles. The first kappa shape index (κ1) is 30.3. The molecule has 0 N–H and O–H groups in total. The maximum absolute atomic E-state index is 5.82. The van der Waals surface area contributed by atoms with Crippen LogP contribution in [0.25, 0.3) is 0 Å². The van der Waals surface area contributed by atoms with Gasteiger partial charge in [0.15, 0.2) is 0 Å². The molecule has 5 heteroatoms. The fourth-order valence-corrected chi connectivity index (χ4v) is 8.02. The van der Waals surface area contributed by atoms with Crippen molar-refractivity contribution in [3.05, 3.63) is 101 Å². The van der Waals surface area contributed by atoms with Crippen LogP contribution in [0.5, 0.6) is 5.75 Å². The molecule has 2 nitrogen and oxygen atoms in total. The Balaban J connectivity index is 0.000000215. The summed E-state index contributed by atoms with van der Waals surface area (Å²) in [4.78, 5) is 2.61. The van der Waals surface area contributed by atoms with Crippen LogP contribution in [0.3, 0.4) is 0 Å². The van der Waals surface area contributed by atoms with E-state index in [1.807, 2.05) is 42.7 Å². The van der Waals surface area contributed by atoms with Gasteiger partial charge in [-0.3, -0.25) is 0 Å². The molecular formula is C34H42Cl2NORu-. The van der Waals surface area contributed by atoms with Gasteiger partial charge in [0.2, 0.25) is 0 Å². The summed E-state index contributed by atoms with van der Waals surface area (Å²) in [6.45, 7) is 18.3. The first-order valence-electron chi connectivity index (χ1n) is 13.9. The summed E-state index contributed by atoms with van der Waals surface area (Å²) in [5.74, 6) is 1.38. The van der Waals surface area contributed by atoms with Crippen molar-refractivity contribution in [1.29, 1.82) is 0 Å². The van der Waals surface area contributed by atoms with Crippen molar-refractivity contribution < 1.29 is 18.3 Å². The molecule has 5 rings (SSSR count). The predicted molar refractivity (Wildman–Crippen MR) is 166 cm³/mol. The summed E-state index contributed by atoms with van der Waals surface area (Å²) in [6, 6.07) is 23.6. The minimum absolute atomic E-state index is 0.132. The number of halogens is 2. The maximum atomic E-state index is 5.82. The number of rotatable bonds is 5. The van der Waals surface area contributed by atoms with Gasteiger partial charge in [0.25, 0.3) is 0 Å². The molecule has 0 amide bonds. The first-order chi connectivity index (χ1) is 18.4. The van der Waals surface area contributed by atoms with Crippen molar-refractivity contribution in [1.82, 2.24) is 0 Å². The Morgan fingerprint density at radius 1 is 0.949 bits per heavy atom. The van der Waals surface area contributed by atoms with E-state index < -0.39 is 13.5 Å². The minimum atomic E-state index is -1.77. The number of fused-ring (bicyclic) bond motifs is 2. The van der Waals surface area contributed by atoms with Crippen LogP contribution in [0.4, 0.5) is 5.69 Å². The molecule has 1 saturated heterocycles. The molecule has 1 fully saturated rings. The van der Waals surface area contributed by atoms with Gasteiger partial charge in [0.05, 0.1) is 0 Å². The minimum Gasteiger partial charge on any atom is -0.517 e. The molecule has 0 unspecified atom stereocenters. The van der Waals surface area contributed by atoms with E-state index >= 15 is 0 Å². The molecule has 1 spiro atoms. The summed E-state index contributed by atoms with van der Waals surface area (Å²) in [6.07, 6.45) is 3.82. The Morgan fingerprint density at radius 2 is 1.64 bits per heavy atom. The molecule has 3 aromatic rings. The quantitative estimate of drug-likeness (QED) is 0.201. The number of nitrogens with zero attached hydrogens (tertiary/aromatic N) is 1. The molecule has 0 aromatic heterocycles. The van der Waals surface area contributed by atoms with Gasteiger partial charge < -0.3 is 4.90 Å². The van der Waals surface area contributed by atoms with Gasteiger partial charge in [0, 0.05) is 11.2 Å². The molecule has 0 bridgehead atoms. The number of anilines is 1. The zero-order chi connectivity index (χ0) is 28.4. The van der Waals surface area contributed by atoms with E-state index in [1.165, 1.54) is 36.1 Å². The van der Waals surface area contributed by atoms with E-state index in [2.05, 4.69) is 88.5 Å². The van der Waals surface area contributed by atoms with E-state index in [-0.39, 0.29) is 17.1 Å². The third-order valence-electron chi connectivity index (χ3n) is 7.77. The van der Waals surface area contributed by atoms with Crippen LogP contribution >= 0.6 is 19.4 Å². The second-order valence-corrected chi connectivity index (χ2v) is 17.7. The van der Waals surface area contributed by atoms with Crippen molar-refractivity contribution in [3.63, 3.8) is 0 Å². The summed E-state index contributed by atoms with van der Waals surface area (Å²) < 4.78 is 7.51. The van der Waals surface area contributed by atoms with Crippen LogP contribution in [0.1, 0.15) is 88.1 Å². The van der Waals surface area contributed by atoms with Crippen LogP contribution in [0.2, 0.25) is 0 Å². The van der Waals surface area contributed by atoms with Crippen LogP contribution < -0.4 is 9.64 Å². The van der Waals surface area contributed by atoms with E-state index in [4.69, 9.17) is 24.1 Å². The molecule has 0 saturated carbocycles. The van der Waals surface area contributed by atoms with Gasteiger partial charge in [-0.1, -0.05) is 68.3 Å². The zero-order valence-electron chi connectivity index (χ0n) is 24.2. The Bertz CT molecular complexity index is 1330. The van der Waals surface area contributed by atoms with Gasteiger partial charge in [-0.15, -0.1) is 5.41 Å². The smallest absolute Gasteiger partial charge is 0.0140 e. The topological polar surface area (TPSA) is 12.5 Å². The van der Waals surface area contributed by atoms with Crippen LogP contribution in [0, 0.1) is 13.5 Å². The van der Waals surface area contributed by atoms with Crippen molar-refractivity contribution in [2.24, 2.45) is 0 Å². The standard InChI is InChI=1S/C24H30N.C10H12O.2ClH.Ru/c1-17(2)20-11-8-9-18(3)22(20)25-16-24(15-23(25,4)5)14-13-19-10-6-7-12-21(19)24;1-8(2)11-10-7-5-4-6-9(10)3;;;/h6-12,16-17H,13-15H2,1-5H3;3-8H,1-2H3;2*1H;/q-1;;;;+2/p-2/t24-;;;;/m0..../s1. The van der Waals surface area contributed by atoms with Crippen LogP contribution in [-0.4, -0.2) is 16.3 Å². The van der Waals surface area contributed by atoms with Gasteiger partial charge in [-0.25, -0.2) is 6.54 Å². The fraction of sp³-hybridized carbons (Fsp3) is 0.412. The van der Waals surface area contributed by atoms with Gasteiger partial charge >= 0.3 is 97.8 Å². The Morgan fingerprint density at radius 3 is 2.33 bits per heavy atom. The van der Waals surface area contributed by atoms with Gasteiger partial charge in [-0.2, -0.15) is 0 Å². The predicted octanol–water partition coefficient (Wildman–Crippen LogP) is 9.70. The van der Waals surface area contributed by atoms with Crippen molar-refractivity contribution in [3.8, 4) is 5.75 Å². The molecule has 1 aliphatic heterocycles. The van der Waals surface area contributed by atoms with Crippen LogP contribution in [-0.2, 0) is 25.4 Å². The molecule has 1 heterocycles. The first-order valence-corrected chi connectivity index (χ1v) is 19.3. The largest absolute Gasteiger partial charge is 0.517 e. The molecule has 212 valence electrons. The number of ether oxygens (including phenoxy) is 1.